The van der Waals surface area contributed by atoms with Gasteiger partial charge in [-0.3, -0.25) is 9.59 Å². The topological polar surface area (TPSA) is 71.5 Å². The van der Waals surface area contributed by atoms with E-state index >= 15 is 0 Å². The number of anilines is 1. The van der Waals surface area contributed by atoms with Crippen molar-refractivity contribution < 1.29 is 14.3 Å². The number of rotatable bonds is 6. The molecule has 2 saturated carbocycles. The number of nitrogens with one attached hydrogen (secondary N) is 1. The molecule has 3 aliphatic rings. The van der Waals surface area contributed by atoms with Gasteiger partial charge in [-0.25, -0.2) is 4.98 Å². The van der Waals surface area contributed by atoms with Crippen LogP contribution in [0.3, 0.4) is 0 Å². The van der Waals surface area contributed by atoms with Gasteiger partial charge in [0.1, 0.15) is 5.82 Å². The molecular formula is C20H27N3O3. The minimum atomic E-state index is 0.00843. The molecule has 2 aliphatic carbocycles. The summed E-state index contributed by atoms with van der Waals surface area (Å²) in [6, 6.07) is 3.75. The monoisotopic (exact) mass is 357 g/mol. The molecule has 1 aliphatic heterocycles. The Morgan fingerprint density at radius 3 is 2.65 bits per heavy atom. The first-order valence-electron chi connectivity index (χ1n) is 9.90. The molecule has 140 valence electrons. The molecule has 1 aromatic heterocycles. The van der Waals surface area contributed by atoms with Crippen LogP contribution in [0.4, 0.5) is 5.82 Å². The van der Waals surface area contributed by atoms with Crippen LogP contribution in [0.5, 0.6) is 0 Å². The van der Waals surface area contributed by atoms with Crippen molar-refractivity contribution in [2.45, 2.75) is 63.5 Å². The van der Waals surface area contributed by atoms with Crippen molar-refractivity contribution in [3.05, 3.63) is 23.9 Å². The van der Waals surface area contributed by atoms with Gasteiger partial charge in [-0.05, 0) is 50.7 Å². The van der Waals surface area contributed by atoms with E-state index in [1.165, 1.54) is 12.8 Å². The molecule has 0 radical (unpaired) electrons. The summed E-state index contributed by atoms with van der Waals surface area (Å²) in [6.07, 6.45) is 10.2. The zero-order chi connectivity index (χ0) is 17.9. The van der Waals surface area contributed by atoms with Crippen LogP contribution in [0.1, 0.15) is 61.7 Å². The van der Waals surface area contributed by atoms with Crippen molar-refractivity contribution in [2.24, 2.45) is 5.92 Å². The summed E-state index contributed by atoms with van der Waals surface area (Å²) >= 11 is 0. The van der Waals surface area contributed by atoms with E-state index in [1.807, 2.05) is 4.90 Å². The fourth-order valence-electron chi connectivity index (χ4n) is 3.99. The molecule has 1 atom stereocenters. The molecule has 1 unspecified atom stereocenters. The second kappa shape index (κ2) is 7.74. The Kier molecular flexibility index (Phi) is 5.20. The van der Waals surface area contributed by atoms with E-state index < -0.39 is 0 Å². The van der Waals surface area contributed by atoms with E-state index in [2.05, 4.69) is 10.3 Å². The summed E-state index contributed by atoms with van der Waals surface area (Å²) in [5, 5.41) is 2.84. The Bertz CT molecular complexity index is 662. The van der Waals surface area contributed by atoms with Crippen LogP contribution in [0.25, 0.3) is 0 Å². The molecule has 0 bridgehead atoms. The number of aromatic nitrogens is 1. The predicted molar refractivity (Wildman–Crippen MR) is 97.9 cm³/mol. The lowest BCUT2D eigenvalue weighted by atomic mass is 10.1. The van der Waals surface area contributed by atoms with Crippen molar-refractivity contribution in [1.82, 2.24) is 9.88 Å². The third-order valence-electron chi connectivity index (χ3n) is 5.66. The second-order valence-electron chi connectivity index (χ2n) is 7.72. The lowest BCUT2D eigenvalue weighted by Crippen LogP contribution is -2.43. The summed E-state index contributed by atoms with van der Waals surface area (Å²) in [5.41, 5.74) is 0.594. The molecule has 1 aromatic rings. The molecule has 26 heavy (non-hydrogen) atoms. The lowest BCUT2D eigenvalue weighted by Gasteiger charge is -2.31. The Morgan fingerprint density at radius 1 is 1.15 bits per heavy atom. The summed E-state index contributed by atoms with van der Waals surface area (Å²) in [6.45, 7) is 1.46. The normalized spacial score (nSPS) is 23.2. The van der Waals surface area contributed by atoms with Gasteiger partial charge in [-0.2, -0.15) is 0 Å². The van der Waals surface area contributed by atoms with Gasteiger partial charge in [0.15, 0.2) is 0 Å². The van der Waals surface area contributed by atoms with Gasteiger partial charge < -0.3 is 15.0 Å². The second-order valence-corrected chi connectivity index (χ2v) is 7.72. The largest absolute Gasteiger partial charge is 0.376 e. The fraction of sp³-hybridized carbons (Fsp3) is 0.650. The molecule has 6 heteroatoms. The highest BCUT2D eigenvalue weighted by Crippen LogP contribution is 2.30. The Morgan fingerprint density at radius 2 is 1.96 bits per heavy atom. The molecular weight excluding hydrogens is 330 g/mol. The van der Waals surface area contributed by atoms with Crippen LogP contribution < -0.4 is 5.32 Å². The number of nitrogens with zero attached hydrogens (tertiary/aromatic N) is 2. The third kappa shape index (κ3) is 4.06. The molecule has 1 saturated heterocycles. The van der Waals surface area contributed by atoms with Crippen molar-refractivity contribution in [3.63, 3.8) is 0 Å². The molecule has 2 heterocycles. The van der Waals surface area contributed by atoms with Gasteiger partial charge in [-0.1, -0.05) is 12.8 Å². The number of hydrogen-bond donors (Lipinski definition) is 1. The number of pyridine rings is 1. The first kappa shape index (κ1) is 17.5. The van der Waals surface area contributed by atoms with Gasteiger partial charge >= 0.3 is 0 Å². The number of ether oxygens (including phenoxy) is 1. The molecule has 0 spiro atoms. The number of carbonyl (C=O) groups is 2. The first-order valence-corrected chi connectivity index (χ1v) is 9.90. The van der Waals surface area contributed by atoms with Crippen molar-refractivity contribution >= 4 is 17.6 Å². The third-order valence-corrected chi connectivity index (χ3v) is 5.66. The smallest absolute Gasteiger partial charge is 0.254 e. The SMILES string of the molecule is O=C(Nc1cc(C(=O)N(CC2CCCO2)C2CCCC2)ccn1)C1CC1. The van der Waals surface area contributed by atoms with Crippen molar-refractivity contribution in [2.75, 3.05) is 18.5 Å². The van der Waals surface area contributed by atoms with Gasteiger partial charge in [-0.15, -0.1) is 0 Å². The highest BCUT2D eigenvalue weighted by atomic mass is 16.5. The van der Waals surface area contributed by atoms with Gasteiger partial charge in [0, 0.05) is 36.9 Å². The first-order chi connectivity index (χ1) is 12.7. The molecule has 2 amide bonds. The van der Waals surface area contributed by atoms with Gasteiger partial charge in [0.25, 0.3) is 5.91 Å². The highest BCUT2D eigenvalue weighted by Gasteiger charge is 2.32. The predicted octanol–water partition coefficient (Wildman–Crippen LogP) is 2.99. The van der Waals surface area contributed by atoms with Gasteiger partial charge in [0.05, 0.1) is 6.10 Å². The Labute approximate surface area is 154 Å². The molecule has 3 fully saturated rings. The zero-order valence-corrected chi connectivity index (χ0v) is 15.2. The van der Waals surface area contributed by atoms with Crippen LogP contribution in [0.2, 0.25) is 0 Å². The number of carbonyl (C=O) groups excluding carboxylic acids is 2. The Hall–Kier alpha value is -1.95. The van der Waals surface area contributed by atoms with Crippen LogP contribution in [-0.2, 0) is 9.53 Å². The summed E-state index contributed by atoms with van der Waals surface area (Å²) in [5.74, 6) is 0.618. The van der Waals surface area contributed by atoms with E-state index in [0.717, 1.165) is 45.1 Å². The molecule has 6 nitrogen and oxygen atoms in total. The fourth-order valence-corrected chi connectivity index (χ4v) is 3.99. The summed E-state index contributed by atoms with van der Waals surface area (Å²) < 4.78 is 5.78. The van der Waals surface area contributed by atoms with Crippen LogP contribution in [0.15, 0.2) is 18.3 Å². The van der Waals surface area contributed by atoms with Crippen molar-refractivity contribution in [3.8, 4) is 0 Å². The molecule has 1 N–H and O–H groups in total. The van der Waals surface area contributed by atoms with E-state index in [4.69, 9.17) is 4.74 Å². The summed E-state index contributed by atoms with van der Waals surface area (Å²) in [7, 11) is 0. The van der Waals surface area contributed by atoms with Gasteiger partial charge in [0.2, 0.25) is 5.91 Å². The van der Waals surface area contributed by atoms with E-state index in [1.54, 1.807) is 18.3 Å². The van der Waals surface area contributed by atoms with Crippen LogP contribution in [0, 0.1) is 5.92 Å². The maximum atomic E-state index is 13.2. The summed E-state index contributed by atoms with van der Waals surface area (Å²) in [4.78, 5) is 31.4. The Balaban J connectivity index is 1.49. The average Bonchev–Trinajstić information content (AvgIpc) is 3.13. The van der Waals surface area contributed by atoms with E-state index in [9.17, 15) is 9.59 Å². The van der Waals surface area contributed by atoms with Crippen LogP contribution in [-0.4, -0.2) is 47.0 Å². The highest BCUT2D eigenvalue weighted by molar-refractivity contribution is 5.97. The van der Waals surface area contributed by atoms with Crippen molar-refractivity contribution in [1.29, 1.82) is 0 Å². The number of hydrogen-bond acceptors (Lipinski definition) is 4. The van der Waals surface area contributed by atoms with Crippen LogP contribution >= 0.6 is 0 Å². The zero-order valence-electron chi connectivity index (χ0n) is 15.2. The van der Waals surface area contributed by atoms with E-state index in [0.29, 0.717) is 24.0 Å². The standard InChI is InChI=1S/C20H27N3O3/c24-19(14-7-8-14)22-18-12-15(9-10-21-18)20(25)23(16-4-1-2-5-16)13-17-6-3-11-26-17/h9-10,12,14,16-17H,1-8,11,13H2,(H,21,22,24). The quantitative estimate of drug-likeness (QED) is 0.849. The minimum absolute atomic E-state index is 0.00843. The maximum Gasteiger partial charge on any atom is 0.254 e. The average molecular weight is 357 g/mol. The molecule has 0 aromatic carbocycles. The minimum Gasteiger partial charge on any atom is -0.376 e. The van der Waals surface area contributed by atoms with E-state index in [-0.39, 0.29) is 23.8 Å². The maximum absolute atomic E-state index is 13.2. The lowest BCUT2D eigenvalue weighted by molar-refractivity contribution is -0.117. The number of amides is 2. The molecule has 4 rings (SSSR count).